The molecule has 108 valence electrons. The maximum Gasteiger partial charge on any atom is 0.419 e. The maximum atomic E-state index is 12.7. The van der Waals surface area contributed by atoms with E-state index >= 15 is 0 Å². The number of hydrogen-bond acceptors (Lipinski definition) is 5. The first-order valence-electron chi connectivity index (χ1n) is 5.33. The number of nitrogens with one attached hydrogen (secondary N) is 1. The van der Waals surface area contributed by atoms with E-state index in [0.29, 0.717) is 6.07 Å². The minimum Gasteiger partial charge on any atom is -0.379 e. The van der Waals surface area contributed by atoms with E-state index in [1.165, 1.54) is 6.07 Å². The minimum atomic E-state index is -4.78. The molecule has 0 aliphatic carbocycles. The predicted octanol–water partition coefficient (Wildman–Crippen LogP) is 0.620. The topological polar surface area (TPSA) is 112 Å². The highest BCUT2D eigenvalue weighted by Crippen LogP contribution is 2.32. The van der Waals surface area contributed by atoms with E-state index in [2.05, 4.69) is 10.3 Å². The van der Waals surface area contributed by atoms with Crippen molar-refractivity contribution in [2.45, 2.75) is 18.7 Å². The Hall–Kier alpha value is -2.18. The van der Waals surface area contributed by atoms with Gasteiger partial charge in [-0.3, -0.25) is 4.79 Å². The van der Waals surface area contributed by atoms with Crippen LogP contribution in [0.4, 0.5) is 18.9 Å². The normalized spacial score (nSPS) is 14.2. The Bertz CT molecular complexity index is 564. The van der Waals surface area contributed by atoms with Crippen LogP contribution < -0.4 is 11.1 Å². The molecule has 6 nitrogen and oxygen atoms in total. The molecule has 0 spiro atoms. The molecule has 0 fully saturated rings. The molecule has 0 aliphatic rings. The standard InChI is InChI=1S/C11H11F3N4O2/c1-10(20,5-16)9(19)18-6-2-7(11(12,13)14)8(3-15)17-4-6/h2,4,20H,5,16H2,1H3,(H,18,19). The summed E-state index contributed by atoms with van der Waals surface area (Å²) in [4.78, 5) is 14.9. The summed E-state index contributed by atoms with van der Waals surface area (Å²) in [6, 6.07) is 1.88. The van der Waals surface area contributed by atoms with Crippen molar-refractivity contribution in [2.75, 3.05) is 11.9 Å². The monoisotopic (exact) mass is 288 g/mol. The Morgan fingerprint density at radius 3 is 2.65 bits per heavy atom. The second-order valence-electron chi connectivity index (χ2n) is 4.16. The van der Waals surface area contributed by atoms with Crippen LogP contribution in [0, 0.1) is 11.3 Å². The zero-order valence-electron chi connectivity index (χ0n) is 10.3. The highest BCUT2D eigenvalue weighted by Gasteiger charge is 2.35. The van der Waals surface area contributed by atoms with Gasteiger partial charge in [-0.15, -0.1) is 0 Å². The third-order valence-corrected chi connectivity index (χ3v) is 2.44. The third kappa shape index (κ3) is 3.43. The molecule has 0 aliphatic heterocycles. The minimum absolute atomic E-state index is 0.296. The molecule has 1 aromatic rings. The number of nitrogens with two attached hydrogens (primary N) is 1. The highest BCUT2D eigenvalue weighted by molar-refractivity contribution is 5.97. The summed E-state index contributed by atoms with van der Waals surface area (Å²) in [6.45, 7) is 0.707. The number of halogens is 3. The lowest BCUT2D eigenvalue weighted by Crippen LogP contribution is -2.46. The highest BCUT2D eigenvalue weighted by atomic mass is 19.4. The van der Waals surface area contributed by atoms with Crippen LogP contribution in [0.2, 0.25) is 0 Å². The summed E-state index contributed by atoms with van der Waals surface area (Å²) in [6.07, 6.45) is -3.90. The van der Waals surface area contributed by atoms with Gasteiger partial charge in [0, 0.05) is 6.54 Å². The molecule has 20 heavy (non-hydrogen) atoms. The second-order valence-corrected chi connectivity index (χ2v) is 4.16. The van der Waals surface area contributed by atoms with Crippen molar-refractivity contribution in [3.05, 3.63) is 23.5 Å². The quantitative estimate of drug-likeness (QED) is 0.754. The first kappa shape index (κ1) is 15.9. The molecule has 1 atom stereocenters. The molecule has 0 aromatic carbocycles. The maximum absolute atomic E-state index is 12.7. The molecular formula is C11H11F3N4O2. The van der Waals surface area contributed by atoms with Crippen LogP contribution in [-0.4, -0.2) is 28.1 Å². The number of pyridine rings is 1. The van der Waals surface area contributed by atoms with Crippen molar-refractivity contribution in [1.82, 2.24) is 4.98 Å². The zero-order chi connectivity index (χ0) is 15.6. The number of rotatable bonds is 3. The SMILES string of the molecule is CC(O)(CN)C(=O)Nc1cnc(C#N)c(C(F)(F)F)c1. The Morgan fingerprint density at radius 2 is 2.20 bits per heavy atom. The predicted molar refractivity (Wildman–Crippen MR) is 62.3 cm³/mol. The number of carbonyl (C=O) groups excluding carboxylic acids is 1. The fraction of sp³-hybridized carbons (Fsp3) is 0.364. The number of alkyl halides is 3. The van der Waals surface area contributed by atoms with Crippen LogP contribution >= 0.6 is 0 Å². The van der Waals surface area contributed by atoms with Crippen LogP contribution in [0.15, 0.2) is 12.3 Å². The van der Waals surface area contributed by atoms with Gasteiger partial charge >= 0.3 is 6.18 Å². The lowest BCUT2D eigenvalue weighted by molar-refractivity contribution is -0.138. The number of nitriles is 1. The summed E-state index contributed by atoms with van der Waals surface area (Å²) in [7, 11) is 0. The van der Waals surface area contributed by atoms with E-state index < -0.39 is 35.5 Å². The molecule has 4 N–H and O–H groups in total. The molecule has 9 heteroatoms. The average Bonchev–Trinajstić information content (AvgIpc) is 2.37. The van der Waals surface area contributed by atoms with Crippen molar-refractivity contribution in [3.63, 3.8) is 0 Å². The molecule has 0 bridgehead atoms. The van der Waals surface area contributed by atoms with Crippen molar-refractivity contribution in [2.24, 2.45) is 5.73 Å². The number of amides is 1. The molecule has 0 saturated carbocycles. The van der Waals surface area contributed by atoms with Gasteiger partial charge in [-0.25, -0.2) is 4.98 Å². The van der Waals surface area contributed by atoms with E-state index in [0.717, 1.165) is 13.1 Å². The lowest BCUT2D eigenvalue weighted by Gasteiger charge is -2.20. The molecule has 1 rings (SSSR count). The average molecular weight is 288 g/mol. The van der Waals surface area contributed by atoms with Gasteiger partial charge in [0.1, 0.15) is 6.07 Å². The molecule has 1 heterocycles. The second kappa shape index (κ2) is 5.44. The van der Waals surface area contributed by atoms with Crippen molar-refractivity contribution < 1.29 is 23.1 Å². The van der Waals surface area contributed by atoms with Crippen LogP contribution in [0.25, 0.3) is 0 Å². The van der Waals surface area contributed by atoms with E-state index in [1.54, 1.807) is 0 Å². The summed E-state index contributed by atoms with van der Waals surface area (Å²) in [5.74, 6) is -0.973. The smallest absolute Gasteiger partial charge is 0.379 e. The summed E-state index contributed by atoms with van der Waals surface area (Å²) in [5.41, 5.74) is 0.858. The number of anilines is 1. The first-order chi connectivity index (χ1) is 9.11. The Balaban J connectivity index is 3.12. The van der Waals surface area contributed by atoms with Crippen LogP contribution in [-0.2, 0) is 11.0 Å². The molecule has 1 amide bonds. The van der Waals surface area contributed by atoms with Crippen molar-refractivity contribution in [1.29, 1.82) is 5.26 Å². The molecular weight excluding hydrogens is 277 g/mol. The van der Waals surface area contributed by atoms with Gasteiger partial charge in [0.25, 0.3) is 5.91 Å². The molecule has 0 saturated heterocycles. The molecule has 1 unspecified atom stereocenters. The van der Waals surface area contributed by atoms with Crippen LogP contribution in [0.5, 0.6) is 0 Å². The number of aromatic nitrogens is 1. The van der Waals surface area contributed by atoms with Crippen LogP contribution in [0.3, 0.4) is 0 Å². The van der Waals surface area contributed by atoms with E-state index in [-0.39, 0.29) is 5.69 Å². The Morgan fingerprint density at radius 1 is 1.60 bits per heavy atom. The van der Waals surface area contributed by atoms with Gasteiger partial charge in [0.05, 0.1) is 17.4 Å². The van der Waals surface area contributed by atoms with E-state index in [1.807, 2.05) is 0 Å². The lowest BCUT2D eigenvalue weighted by atomic mass is 10.1. The Labute approximate surface area is 112 Å². The zero-order valence-corrected chi connectivity index (χ0v) is 10.3. The third-order valence-electron chi connectivity index (χ3n) is 2.44. The number of hydrogen-bond donors (Lipinski definition) is 3. The fourth-order valence-electron chi connectivity index (χ4n) is 1.20. The van der Waals surface area contributed by atoms with Gasteiger partial charge in [0.15, 0.2) is 11.3 Å². The summed E-state index contributed by atoms with van der Waals surface area (Å²) < 4.78 is 38.0. The van der Waals surface area contributed by atoms with E-state index in [9.17, 15) is 23.1 Å². The molecule has 1 aromatic heterocycles. The van der Waals surface area contributed by atoms with Gasteiger partial charge in [-0.05, 0) is 13.0 Å². The number of nitrogens with zero attached hydrogens (tertiary/aromatic N) is 2. The van der Waals surface area contributed by atoms with Crippen molar-refractivity contribution >= 4 is 11.6 Å². The molecule has 0 radical (unpaired) electrons. The van der Waals surface area contributed by atoms with Gasteiger partial charge in [-0.2, -0.15) is 18.4 Å². The van der Waals surface area contributed by atoms with Crippen molar-refractivity contribution in [3.8, 4) is 6.07 Å². The fourth-order valence-corrected chi connectivity index (χ4v) is 1.20. The summed E-state index contributed by atoms with van der Waals surface area (Å²) >= 11 is 0. The van der Waals surface area contributed by atoms with Gasteiger partial charge < -0.3 is 16.2 Å². The summed E-state index contributed by atoms with van der Waals surface area (Å²) in [5, 5.41) is 20.2. The first-order valence-corrected chi connectivity index (χ1v) is 5.33. The van der Waals surface area contributed by atoms with Gasteiger partial charge in [0.2, 0.25) is 0 Å². The number of aliphatic hydroxyl groups is 1. The Kier molecular flexibility index (Phi) is 4.32. The van der Waals surface area contributed by atoms with Gasteiger partial charge in [-0.1, -0.05) is 0 Å². The largest absolute Gasteiger partial charge is 0.419 e. The number of carbonyl (C=O) groups is 1. The van der Waals surface area contributed by atoms with Crippen LogP contribution in [0.1, 0.15) is 18.2 Å². The van der Waals surface area contributed by atoms with E-state index in [4.69, 9.17) is 11.0 Å².